The lowest BCUT2D eigenvalue weighted by molar-refractivity contribution is 0.756. The molecule has 86 valence electrons. The summed E-state index contributed by atoms with van der Waals surface area (Å²) in [4.78, 5) is 0. The van der Waals surface area contributed by atoms with Crippen LogP contribution in [0.5, 0.6) is 0 Å². The molecule has 1 atom stereocenters. The molecule has 0 radical (unpaired) electrons. The first-order valence-corrected chi connectivity index (χ1v) is 9.72. The predicted octanol–water partition coefficient (Wildman–Crippen LogP) is 5.12. The van der Waals surface area contributed by atoms with E-state index >= 15 is 0 Å². The Bertz CT molecular complexity index is 331. The van der Waals surface area contributed by atoms with Gasteiger partial charge in [0.05, 0.1) is 0 Å². The van der Waals surface area contributed by atoms with Crippen molar-refractivity contribution >= 4 is 18.5 Å². The minimum absolute atomic E-state index is 0.147. The Kier molecular flexibility index (Phi) is 3.29. The van der Waals surface area contributed by atoms with Gasteiger partial charge in [-0.1, -0.05) is 51.1 Å². The van der Waals surface area contributed by atoms with E-state index in [4.69, 9.17) is 11.1 Å². The van der Waals surface area contributed by atoms with Crippen LogP contribution < -0.4 is 0 Å². The van der Waals surface area contributed by atoms with Crippen molar-refractivity contribution in [2.45, 2.75) is 52.8 Å². The molecule has 0 saturated heterocycles. The number of rotatable bonds is 2. The largest absolute Gasteiger partial charge is 0.166 e. The van der Waals surface area contributed by atoms with Crippen LogP contribution in [0.1, 0.15) is 34.6 Å². The minimum atomic E-state index is -1.72. The predicted molar refractivity (Wildman–Crippen MR) is 73.0 cm³/mol. The van der Waals surface area contributed by atoms with Gasteiger partial charge in [-0.15, -0.1) is 0 Å². The molecule has 0 N–H and O–H groups in total. The van der Waals surface area contributed by atoms with Crippen molar-refractivity contribution < 1.29 is 0 Å². The highest BCUT2D eigenvalue weighted by Crippen LogP contribution is 2.57. The van der Waals surface area contributed by atoms with Gasteiger partial charge in [0.15, 0.2) is 7.38 Å². The molecule has 0 heterocycles. The summed E-state index contributed by atoms with van der Waals surface area (Å²) in [5.74, 6) is 0.606. The number of hydrogen-bond acceptors (Lipinski definition) is 0. The van der Waals surface area contributed by atoms with E-state index < -0.39 is 7.38 Å². The number of hydrogen-bond donors (Lipinski definition) is 0. The maximum atomic E-state index is 6.70. The van der Waals surface area contributed by atoms with E-state index in [-0.39, 0.29) is 5.04 Å². The lowest BCUT2D eigenvalue weighted by atomic mass is 9.95. The van der Waals surface area contributed by atoms with Crippen LogP contribution in [0.15, 0.2) is 22.8 Å². The van der Waals surface area contributed by atoms with Crippen molar-refractivity contribution in [2.75, 3.05) is 0 Å². The van der Waals surface area contributed by atoms with E-state index in [1.807, 2.05) is 0 Å². The third kappa shape index (κ3) is 1.85. The molecule has 0 amide bonds. The Morgan fingerprint density at radius 1 is 1.27 bits per heavy atom. The molecule has 0 bridgehead atoms. The molecule has 0 aromatic heterocycles. The fourth-order valence-electron chi connectivity index (χ4n) is 2.58. The van der Waals surface area contributed by atoms with E-state index in [0.29, 0.717) is 5.92 Å². The van der Waals surface area contributed by atoms with E-state index in [1.54, 1.807) is 0 Å². The van der Waals surface area contributed by atoms with Gasteiger partial charge in [-0.2, -0.15) is 11.1 Å². The van der Waals surface area contributed by atoms with E-state index in [1.165, 1.54) is 16.7 Å². The van der Waals surface area contributed by atoms with Crippen LogP contribution in [0.3, 0.4) is 0 Å². The average Bonchev–Trinajstić information content (AvgIpc) is 2.29. The molecule has 15 heavy (non-hydrogen) atoms. The Morgan fingerprint density at radius 2 is 1.73 bits per heavy atom. The molecule has 0 fully saturated rings. The number of allylic oxidation sites excluding steroid dienone is 4. The van der Waals surface area contributed by atoms with Gasteiger partial charge in [0.25, 0.3) is 0 Å². The van der Waals surface area contributed by atoms with Gasteiger partial charge in [-0.3, -0.25) is 0 Å². The quantitative estimate of drug-likeness (QED) is 0.466. The summed E-state index contributed by atoms with van der Waals surface area (Å²) in [5, 5.41) is 0.147. The molecule has 0 spiro atoms. The van der Waals surface area contributed by atoms with Crippen molar-refractivity contribution in [1.29, 1.82) is 0 Å². The normalized spacial score (nSPS) is 27.7. The fraction of sp³-hybridized carbons (Fsp3) is 0.692. The Hall–Kier alpha value is -0.0131. The van der Waals surface area contributed by atoms with Gasteiger partial charge in [-0.25, -0.2) is 0 Å². The van der Waals surface area contributed by atoms with Gasteiger partial charge < -0.3 is 0 Å². The van der Waals surface area contributed by atoms with Crippen LogP contribution in [-0.4, -0.2) is 7.38 Å². The van der Waals surface area contributed by atoms with Gasteiger partial charge >= 0.3 is 0 Å². The summed E-state index contributed by atoms with van der Waals surface area (Å²) in [6.45, 7) is 15.8. The fourth-order valence-corrected chi connectivity index (χ4v) is 5.50. The molecular weight excluding hydrogens is 220 g/mol. The standard InChI is InChI=1S/C13H23ClSi/c1-9(2)12-8-10(3)13(5,11(12)4)15(6,7)14/h8-9H,1-7H3/t13-/m0/s1. The molecular formula is C13H23ClSi. The summed E-state index contributed by atoms with van der Waals surface area (Å²) < 4.78 is 0. The summed E-state index contributed by atoms with van der Waals surface area (Å²) in [5.41, 5.74) is 4.45. The third-order valence-electron chi connectivity index (χ3n) is 4.15. The van der Waals surface area contributed by atoms with E-state index in [9.17, 15) is 0 Å². The third-order valence-corrected chi connectivity index (χ3v) is 8.44. The molecule has 0 aliphatic heterocycles. The number of halogens is 1. The van der Waals surface area contributed by atoms with Crippen molar-refractivity contribution in [1.82, 2.24) is 0 Å². The van der Waals surface area contributed by atoms with Crippen molar-refractivity contribution in [3.05, 3.63) is 22.8 Å². The van der Waals surface area contributed by atoms with Crippen LogP contribution in [0.4, 0.5) is 0 Å². The smallest absolute Gasteiger partial charge is 0.164 e. The molecule has 1 aliphatic carbocycles. The summed E-state index contributed by atoms with van der Waals surface area (Å²) in [6, 6.07) is 0. The molecule has 0 aromatic rings. The molecule has 0 nitrogen and oxygen atoms in total. The van der Waals surface area contributed by atoms with Crippen LogP contribution >= 0.6 is 11.1 Å². The summed E-state index contributed by atoms with van der Waals surface area (Å²) >= 11 is 6.70. The van der Waals surface area contributed by atoms with E-state index in [2.05, 4.69) is 53.8 Å². The second-order valence-electron chi connectivity index (χ2n) is 5.66. The van der Waals surface area contributed by atoms with Crippen LogP contribution in [0.25, 0.3) is 0 Å². The first-order chi connectivity index (χ1) is 6.62. The van der Waals surface area contributed by atoms with Crippen LogP contribution in [0, 0.1) is 5.92 Å². The van der Waals surface area contributed by atoms with Crippen molar-refractivity contribution in [3.8, 4) is 0 Å². The zero-order chi connectivity index (χ0) is 12.0. The highest BCUT2D eigenvalue weighted by atomic mass is 35.6. The Balaban J connectivity index is 3.31. The maximum Gasteiger partial charge on any atom is 0.164 e. The molecule has 0 saturated carbocycles. The van der Waals surface area contributed by atoms with Gasteiger partial charge in [0.2, 0.25) is 0 Å². The molecule has 0 aromatic carbocycles. The Labute approximate surface area is 100 Å². The van der Waals surface area contributed by atoms with Gasteiger partial charge in [-0.05, 0) is 25.3 Å². The van der Waals surface area contributed by atoms with Crippen LogP contribution in [-0.2, 0) is 0 Å². The zero-order valence-corrected chi connectivity index (χ0v) is 12.8. The molecule has 2 heteroatoms. The SMILES string of the molecule is CC1=CC(C(C)C)=C(C)[C@@]1(C)[Si](C)(C)Cl. The van der Waals surface area contributed by atoms with Gasteiger partial charge in [0.1, 0.15) is 0 Å². The lowest BCUT2D eigenvalue weighted by Gasteiger charge is -2.38. The zero-order valence-electron chi connectivity index (χ0n) is 11.0. The highest BCUT2D eigenvalue weighted by molar-refractivity contribution is 7.21. The van der Waals surface area contributed by atoms with E-state index in [0.717, 1.165) is 0 Å². The maximum absolute atomic E-state index is 6.70. The lowest BCUT2D eigenvalue weighted by Crippen LogP contribution is -2.36. The second-order valence-corrected chi connectivity index (χ2v) is 12.4. The summed E-state index contributed by atoms with van der Waals surface area (Å²) in [6.07, 6.45) is 2.36. The highest BCUT2D eigenvalue weighted by Gasteiger charge is 2.47. The van der Waals surface area contributed by atoms with Crippen molar-refractivity contribution in [3.63, 3.8) is 0 Å². The molecule has 0 unspecified atom stereocenters. The Morgan fingerprint density at radius 3 is 1.93 bits per heavy atom. The topological polar surface area (TPSA) is 0 Å². The first-order valence-electron chi connectivity index (χ1n) is 5.71. The monoisotopic (exact) mass is 242 g/mol. The second kappa shape index (κ2) is 3.78. The summed E-state index contributed by atoms with van der Waals surface area (Å²) in [7, 11) is -1.72. The van der Waals surface area contributed by atoms with Crippen LogP contribution in [0.2, 0.25) is 18.1 Å². The average molecular weight is 243 g/mol. The van der Waals surface area contributed by atoms with Crippen molar-refractivity contribution in [2.24, 2.45) is 5.92 Å². The minimum Gasteiger partial charge on any atom is -0.166 e. The van der Waals surface area contributed by atoms with Gasteiger partial charge in [0, 0.05) is 5.04 Å². The molecule has 1 aliphatic rings. The molecule has 1 rings (SSSR count). The first kappa shape index (κ1) is 13.1.